The fourth-order valence-electron chi connectivity index (χ4n) is 0.226. The molecule has 0 rings (SSSR count). The van der Waals surface area contributed by atoms with Crippen LogP contribution in [0.3, 0.4) is 0 Å². The molecule has 0 aliphatic heterocycles. The number of hydrogen-bond acceptors (Lipinski definition) is 0. The van der Waals surface area contributed by atoms with Crippen molar-refractivity contribution in [3.63, 3.8) is 0 Å². The summed E-state index contributed by atoms with van der Waals surface area (Å²) in [6.07, 6.45) is -5.64. The number of rotatable bonds is 1. The molecule has 11 heavy (non-hydrogen) atoms. The van der Waals surface area contributed by atoms with E-state index in [9.17, 15) is 22.0 Å². The molecular weight excluding hydrogens is 214 g/mol. The SMILES string of the molecule is FC(F)(F)C=C(Cl)C(F)(F)Cl. The predicted molar refractivity (Wildman–Crippen MR) is 30.8 cm³/mol. The molecule has 0 spiro atoms. The van der Waals surface area contributed by atoms with E-state index in [-0.39, 0.29) is 0 Å². The molecule has 0 aromatic rings. The van der Waals surface area contributed by atoms with Gasteiger partial charge in [0.1, 0.15) is 5.03 Å². The Bertz CT molecular complexity index is 164. The molecule has 0 unspecified atom stereocenters. The van der Waals surface area contributed by atoms with Crippen molar-refractivity contribution in [2.45, 2.75) is 11.6 Å². The van der Waals surface area contributed by atoms with E-state index in [4.69, 9.17) is 0 Å². The molecule has 0 fully saturated rings. The van der Waals surface area contributed by atoms with Crippen LogP contribution in [0.25, 0.3) is 0 Å². The Morgan fingerprint density at radius 1 is 1.09 bits per heavy atom. The van der Waals surface area contributed by atoms with Crippen LogP contribution < -0.4 is 0 Å². The van der Waals surface area contributed by atoms with Crippen molar-refractivity contribution in [2.75, 3.05) is 0 Å². The second kappa shape index (κ2) is 3.15. The van der Waals surface area contributed by atoms with Gasteiger partial charge in [-0.2, -0.15) is 22.0 Å². The first-order valence-corrected chi connectivity index (χ1v) is 2.91. The molecule has 66 valence electrons. The number of halogens is 7. The van der Waals surface area contributed by atoms with E-state index in [1.165, 1.54) is 0 Å². The van der Waals surface area contributed by atoms with Crippen molar-refractivity contribution in [1.82, 2.24) is 0 Å². The summed E-state index contributed by atoms with van der Waals surface area (Å²) in [5.74, 6) is 0. The summed E-state index contributed by atoms with van der Waals surface area (Å²) >= 11 is 8.66. The highest BCUT2D eigenvalue weighted by molar-refractivity contribution is 6.38. The Labute approximate surface area is 68.6 Å². The molecule has 0 aromatic carbocycles. The number of allylic oxidation sites excluding steroid dienone is 2. The van der Waals surface area contributed by atoms with Gasteiger partial charge < -0.3 is 0 Å². The first kappa shape index (κ1) is 11.0. The lowest BCUT2D eigenvalue weighted by Crippen LogP contribution is -2.11. The maximum atomic E-state index is 11.7. The highest BCUT2D eigenvalue weighted by Gasteiger charge is 2.35. The van der Waals surface area contributed by atoms with Gasteiger partial charge in [-0.15, -0.1) is 0 Å². The Morgan fingerprint density at radius 2 is 1.45 bits per heavy atom. The molecule has 0 N–H and O–H groups in total. The third-order valence-electron chi connectivity index (χ3n) is 0.561. The molecule has 7 heteroatoms. The lowest BCUT2D eigenvalue weighted by Gasteiger charge is -2.06. The largest absolute Gasteiger partial charge is 0.411 e. The zero-order valence-corrected chi connectivity index (χ0v) is 6.23. The van der Waals surface area contributed by atoms with Crippen molar-refractivity contribution in [2.24, 2.45) is 0 Å². The van der Waals surface area contributed by atoms with E-state index in [0.29, 0.717) is 0 Å². The third kappa shape index (κ3) is 5.26. The first-order chi connectivity index (χ1) is 4.63. The lowest BCUT2D eigenvalue weighted by atomic mass is 10.5. The summed E-state index contributed by atoms with van der Waals surface area (Å²) in [6, 6.07) is 0. The molecule has 0 aromatic heterocycles. The lowest BCUT2D eigenvalue weighted by molar-refractivity contribution is -0.0814. The maximum absolute atomic E-state index is 11.7. The monoisotopic (exact) mass is 214 g/mol. The van der Waals surface area contributed by atoms with Crippen LogP contribution in [-0.2, 0) is 0 Å². The van der Waals surface area contributed by atoms with Gasteiger partial charge in [-0.1, -0.05) is 11.6 Å². The van der Waals surface area contributed by atoms with Gasteiger partial charge in [0.2, 0.25) is 0 Å². The summed E-state index contributed by atoms with van der Waals surface area (Å²) in [5, 5.41) is -5.90. The molecular formula is C4HCl2F5. The van der Waals surface area contributed by atoms with Crippen molar-refractivity contribution >= 4 is 23.2 Å². The highest BCUT2D eigenvalue weighted by atomic mass is 35.5. The van der Waals surface area contributed by atoms with E-state index in [1.54, 1.807) is 0 Å². The standard InChI is InChI=1S/C4HCl2F5/c5-2(4(6,10)11)1-3(7,8)9/h1H. The second-order valence-corrected chi connectivity index (χ2v) is 2.41. The van der Waals surface area contributed by atoms with Crippen LogP contribution in [-0.4, -0.2) is 11.6 Å². The quantitative estimate of drug-likeness (QED) is 0.463. The van der Waals surface area contributed by atoms with Gasteiger partial charge >= 0.3 is 11.6 Å². The zero-order valence-electron chi connectivity index (χ0n) is 4.72. The van der Waals surface area contributed by atoms with E-state index in [2.05, 4.69) is 23.2 Å². The highest BCUT2D eigenvalue weighted by Crippen LogP contribution is 2.34. The molecule has 0 radical (unpaired) electrons. The van der Waals surface area contributed by atoms with Gasteiger partial charge in [0.25, 0.3) is 0 Å². The van der Waals surface area contributed by atoms with Gasteiger partial charge in [0.05, 0.1) is 0 Å². The van der Waals surface area contributed by atoms with Crippen LogP contribution in [0.2, 0.25) is 0 Å². The van der Waals surface area contributed by atoms with Gasteiger partial charge in [0.15, 0.2) is 0 Å². The molecule has 0 aliphatic rings. The fraction of sp³-hybridized carbons (Fsp3) is 0.500. The summed E-state index contributed by atoms with van der Waals surface area (Å²) in [4.78, 5) is 0. The maximum Gasteiger partial charge on any atom is 0.411 e. The normalized spacial score (nSPS) is 15.4. The Kier molecular flexibility index (Phi) is 3.14. The van der Waals surface area contributed by atoms with Crippen LogP contribution in [0.4, 0.5) is 22.0 Å². The minimum Gasteiger partial charge on any atom is -0.182 e. The Balaban J connectivity index is 4.49. The van der Waals surface area contributed by atoms with Crippen molar-refractivity contribution in [1.29, 1.82) is 0 Å². The second-order valence-electron chi connectivity index (χ2n) is 1.53. The van der Waals surface area contributed by atoms with E-state index in [1.807, 2.05) is 0 Å². The first-order valence-electron chi connectivity index (χ1n) is 2.15. The smallest absolute Gasteiger partial charge is 0.182 e. The minimum atomic E-state index is -4.88. The summed E-state index contributed by atoms with van der Waals surface area (Å²) in [7, 11) is 0. The van der Waals surface area contributed by atoms with Crippen LogP contribution in [0.15, 0.2) is 11.1 Å². The molecule has 0 aliphatic carbocycles. The van der Waals surface area contributed by atoms with Crippen molar-refractivity contribution < 1.29 is 22.0 Å². The minimum absolute atomic E-state index is 0.762. The molecule has 0 saturated heterocycles. The molecule has 0 nitrogen and oxygen atoms in total. The topological polar surface area (TPSA) is 0 Å². The summed E-state index contributed by atoms with van der Waals surface area (Å²) < 4.78 is 57.3. The Morgan fingerprint density at radius 3 is 1.55 bits per heavy atom. The molecule has 0 amide bonds. The molecule has 0 saturated carbocycles. The number of hydrogen-bond donors (Lipinski definition) is 0. The van der Waals surface area contributed by atoms with Gasteiger partial charge in [-0.25, -0.2) is 0 Å². The van der Waals surface area contributed by atoms with E-state index < -0.39 is 22.7 Å². The third-order valence-corrected chi connectivity index (χ3v) is 1.21. The molecule has 0 atom stereocenters. The fourth-order valence-corrected chi connectivity index (χ4v) is 0.404. The average molecular weight is 215 g/mol. The Hall–Kier alpha value is -0.0300. The summed E-state index contributed by atoms with van der Waals surface area (Å²) in [6.45, 7) is 0. The van der Waals surface area contributed by atoms with Crippen LogP contribution >= 0.6 is 23.2 Å². The predicted octanol–water partition coefficient (Wildman–Crippen LogP) is 3.50. The van der Waals surface area contributed by atoms with E-state index >= 15 is 0 Å². The van der Waals surface area contributed by atoms with Gasteiger partial charge in [-0.05, 0) is 11.6 Å². The summed E-state index contributed by atoms with van der Waals surface area (Å²) in [5.41, 5.74) is 0. The molecule has 0 heterocycles. The average Bonchev–Trinajstić information content (AvgIpc) is 1.56. The van der Waals surface area contributed by atoms with Gasteiger partial charge in [-0.3, -0.25) is 0 Å². The molecule has 0 bridgehead atoms. The number of alkyl halides is 6. The van der Waals surface area contributed by atoms with Crippen LogP contribution in [0, 0.1) is 0 Å². The zero-order chi connectivity index (χ0) is 9.28. The van der Waals surface area contributed by atoms with Crippen LogP contribution in [0.5, 0.6) is 0 Å². The van der Waals surface area contributed by atoms with E-state index in [0.717, 1.165) is 0 Å². The van der Waals surface area contributed by atoms with Crippen molar-refractivity contribution in [3.05, 3.63) is 11.1 Å². The van der Waals surface area contributed by atoms with Gasteiger partial charge in [0, 0.05) is 6.08 Å². The van der Waals surface area contributed by atoms with Crippen LogP contribution in [0.1, 0.15) is 0 Å². The van der Waals surface area contributed by atoms with Crippen molar-refractivity contribution in [3.8, 4) is 0 Å².